The molecule has 2 aromatic carbocycles. The zero-order valence-corrected chi connectivity index (χ0v) is 12.0. The van der Waals surface area contributed by atoms with Crippen molar-refractivity contribution in [2.75, 3.05) is 13.7 Å². The minimum Gasteiger partial charge on any atom is -0.490 e. The molecule has 0 fully saturated rings. The molecule has 3 heteroatoms. The van der Waals surface area contributed by atoms with Gasteiger partial charge in [0.05, 0.1) is 0 Å². The molecule has 2 rings (SSSR count). The van der Waals surface area contributed by atoms with Gasteiger partial charge in [0.15, 0.2) is 0 Å². The second-order valence-electron chi connectivity index (χ2n) is 4.88. The largest absolute Gasteiger partial charge is 0.490 e. The maximum absolute atomic E-state index is 10.1. The van der Waals surface area contributed by atoms with E-state index in [1.165, 1.54) is 5.56 Å². The first kappa shape index (κ1) is 14.6. The summed E-state index contributed by atoms with van der Waals surface area (Å²) in [5.41, 5.74) is 3.17. The smallest absolute Gasteiger partial charge is 0.123 e. The number of aryl methyl sites for hydroxylation is 1. The topological polar surface area (TPSA) is 41.5 Å². The van der Waals surface area contributed by atoms with Crippen LogP contribution >= 0.6 is 0 Å². The van der Waals surface area contributed by atoms with Gasteiger partial charge in [-0.1, -0.05) is 48.0 Å². The van der Waals surface area contributed by atoms with Gasteiger partial charge in [0.2, 0.25) is 0 Å². The highest BCUT2D eigenvalue weighted by Crippen LogP contribution is 2.22. The first-order chi connectivity index (χ1) is 9.70. The van der Waals surface area contributed by atoms with Gasteiger partial charge in [-0.25, -0.2) is 0 Å². The standard InChI is InChI=1S/C17H21NO2/c1-13-8-9-17(15(10-13)11-18-2)20-12-16(19)14-6-4-3-5-7-14/h3-10,16,18-19H,11-12H2,1-2H3. The molecule has 2 N–H and O–H groups in total. The van der Waals surface area contributed by atoms with Gasteiger partial charge in [-0.05, 0) is 25.6 Å². The van der Waals surface area contributed by atoms with E-state index in [1.807, 2.05) is 49.5 Å². The molecule has 0 spiro atoms. The molecule has 0 aromatic heterocycles. The fourth-order valence-corrected chi connectivity index (χ4v) is 2.12. The molecule has 3 nitrogen and oxygen atoms in total. The van der Waals surface area contributed by atoms with Crippen LogP contribution in [0.4, 0.5) is 0 Å². The minimum atomic E-state index is -0.611. The third-order valence-electron chi connectivity index (χ3n) is 3.16. The van der Waals surface area contributed by atoms with Crippen molar-refractivity contribution in [1.82, 2.24) is 5.32 Å². The van der Waals surface area contributed by atoms with Crippen molar-refractivity contribution in [2.24, 2.45) is 0 Å². The molecule has 0 radical (unpaired) electrons. The average Bonchev–Trinajstić information content (AvgIpc) is 2.47. The Balaban J connectivity index is 2.03. The van der Waals surface area contributed by atoms with Gasteiger partial charge >= 0.3 is 0 Å². The quantitative estimate of drug-likeness (QED) is 0.849. The maximum atomic E-state index is 10.1. The number of hydrogen-bond donors (Lipinski definition) is 2. The van der Waals surface area contributed by atoms with Gasteiger partial charge in [-0.2, -0.15) is 0 Å². The lowest BCUT2D eigenvalue weighted by Gasteiger charge is -2.15. The van der Waals surface area contributed by atoms with Crippen LogP contribution in [0, 0.1) is 6.92 Å². The molecule has 20 heavy (non-hydrogen) atoms. The summed E-state index contributed by atoms with van der Waals surface area (Å²) in [5, 5.41) is 13.2. The third-order valence-corrected chi connectivity index (χ3v) is 3.16. The van der Waals surface area contributed by atoms with Crippen molar-refractivity contribution in [3.05, 3.63) is 65.2 Å². The summed E-state index contributed by atoms with van der Waals surface area (Å²) < 4.78 is 5.77. The monoisotopic (exact) mass is 271 g/mol. The minimum absolute atomic E-state index is 0.254. The number of ether oxygens (including phenoxy) is 1. The Bertz CT molecular complexity index is 540. The summed E-state index contributed by atoms with van der Waals surface area (Å²) in [5.74, 6) is 0.819. The Hall–Kier alpha value is -1.84. The predicted octanol–water partition coefficient (Wildman–Crippen LogP) is 2.83. The summed E-state index contributed by atoms with van der Waals surface area (Å²) >= 11 is 0. The lowest BCUT2D eigenvalue weighted by molar-refractivity contribution is 0.107. The molecule has 1 atom stereocenters. The van der Waals surface area contributed by atoms with Gasteiger partial charge in [-0.15, -0.1) is 0 Å². The molecule has 0 bridgehead atoms. The molecule has 106 valence electrons. The first-order valence-corrected chi connectivity index (χ1v) is 6.80. The van der Waals surface area contributed by atoms with E-state index < -0.39 is 6.10 Å². The zero-order chi connectivity index (χ0) is 14.4. The number of benzene rings is 2. The molecule has 2 aromatic rings. The van der Waals surface area contributed by atoms with Crippen LogP contribution in [0.15, 0.2) is 48.5 Å². The van der Waals surface area contributed by atoms with E-state index in [0.717, 1.165) is 23.4 Å². The fraction of sp³-hybridized carbons (Fsp3) is 0.294. The van der Waals surface area contributed by atoms with Crippen molar-refractivity contribution in [2.45, 2.75) is 19.6 Å². The molecule has 0 saturated carbocycles. The van der Waals surface area contributed by atoms with Crippen LogP contribution in [-0.2, 0) is 6.54 Å². The van der Waals surface area contributed by atoms with E-state index >= 15 is 0 Å². The van der Waals surface area contributed by atoms with Crippen molar-refractivity contribution in [3.63, 3.8) is 0 Å². The average molecular weight is 271 g/mol. The third kappa shape index (κ3) is 3.83. The Morgan fingerprint density at radius 2 is 1.90 bits per heavy atom. The van der Waals surface area contributed by atoms with Gasteiger partial charge < -0.3 is 15.2 Å². The maximum Gasteiger partial charge on any atom is 0.123 e. The number of aliphatic hydroxyl groups is 1. The van der Waals surface area contributed by atoms with E-state index in [-0.39, 0.29) is 6.61 Å². The predicted molar refractivity (Wildman–Crippen MR) is 80.8 cm³/mol. The second-order valence-corrected chi connectivity index (χ2v) is 4.88. The molecule has 0 saturated heterocycles. The Kier molecular flexibility index (Phi) is 5.16. The van der Waals surface area contributed by atoms with Gasteiger partial charge in [-0.3, -0.25) is 0 Å². The Labute approximate surface area is 120 Å². The van der Waals surface area contributed by atoms with Gasteiger partial charge in [0.25, 0.3) is 0 Å². The van der Waals surface area contributed by atoms with E-state index in [9.17, 15) is 5.11 Å². The van der Waals surface area contributed by atoms with Gasteiger partial charge in [0.1, 0.15) is 18.5 Å². The van der Waals surface area contributed by atoms with Crippen LogP contribution in [-0.4, -0.2) is 18.8 Å². The highest BCUT2D eigenvalue weighted by atomic mass is 16.5. The molecule has 0 aliphatic heterocycles. The fourth-order valence-electron chi connectivity index (χ4n) is 2.12. The number of hydrogen-bond acceptors (Lipinski definition) is 3. The molecule has 1 unspecified atom stereocenters. The summed E-state index contributed by atoms with van der Waals surface area (Å²) in [4.78, 5) is 0. The number of aliphatic hydroxyl groups excluding tert-OH is 1. The lowest BCUT2D eigenvalue weighted by atomic mass is 10.1. The molecule has 0 aliphatic carbocycles. The van der Waals surface area contributed by atoms with Gasteiger partial charge in [0, 0.05) is 12.1 Å². The molecular weight excluding hydrogens is 250 g/mol. The van der Waals surface area contributed by atoms with Crippen LogP contribution in [0.1, 0.15) is 22.8 Å². The van der Waals surface area contributed by atoms with Crippen LogP contribution < -0.4 is 10.1 Å². The molecule has 0 amide bonds. The van der Waals surface area contributed by atoms with Crippen LogP contribution in [0.2, 0.25) is 0 Å². The second kappa shape index (κ2) is 7.08. The van der Waals surface area contributed by atoms with Crippen molar-refractivity contribution in [1.29, 1.82) is 0 Å². The van der Waals surface area contributed by atoms with Crippen molar-refractivity contribution < 1.29 is 9.84 Å². The lowest BCUT2D eigenvalue weighted by Crippen LogP contribution is -2.12. The van der Waals surface area contributed by atoms with Crippen LogP contribution in [0.5, 0.6) is 5.75 Å². The summed E-state index contributed by atoms with van der Waals surface area (Å²) in [6.07, 6.45) is -0.611. The van der Waals surface area contributed by atoms with Crippen LogP contribution in [0.3, 0.4) is 0 Å². The summed E-state index contributed by atoms with van der Waals surface area (Å²) in [6, 6.07) is 15.6. The highest BCUT2D eigenvalue weighted by Gasteiger charge is 2.10. The summed E-state index contributed by atoms with van der Waals surface area (Å²) in [7, 11) is 1.91. The molecule has 0 heterocycles. The Morgan fingerprint density at radius 3 is 2.60 bits per heavy atom. The molecule has 0 aliphatic rings. The van der Waals surface area contributed by atoms with Crippen molar-refractivity contribution in [3.8, 4) is 5.75 Å². The normalized spacial score (nSPS) is 12.2. The summed E-state index contributed by atoms with van der Waals surface area (Å²) in [6.45, 7) is 3.06. The number of rotatable bonds is 6. The van der Waals surface area contributed by atoms with E-state index in [0.29, 0.717) is 0 Å². The molecular formula is C17H21NO2. The van der Waals surface area contributed by atoms with E-state index in [1.54, 1.807) is 0 Å². The SMILES string of the molecule is CNCc1cc(C)ccc1OCC(O)c1ccccc1. The number of nitrogens with one attached hydrogen (secondary N) is 1. The highest BCUT2D eigenvalue weighted by molar-refractivity contribution is 5.37. The Morgan fingerprint density at radius 1 is 1.15 bits per heavy atom. The first-order valence-electron chi connectivity index (χ1n) is 6.80. The zero-order valence-electron chi connectivity index (χ0n) is 12.0. The van der Waals surface area contributed by atoms with E-state index in [4.69, 9.17) is 4.74 Å². The van der Waals surface area contributed by atoms with E-state index in [2.05, 4.69) is 18.3 Å². The van der Waals surface area contributed by atoms with Crippen LogP contribution in [0.25, 0.3) is 0 Å². The van der Waals surface area contributed by atoms with Crippen molar-refractivity contribution >= 4 is 0 Å².